The van der Waals surface area contributed by atoms with Gasteiger partial charge in [0.1, 0.15) is 0 Å². The molecule has 2 aliphatic heterocycles. The van der Waals surface area contributed by atoms with Crippen molar-refractivity contribution in [1.82, 2.24) is 9.80 Å². The number of carbonyl (C=O) groups is 3. The van der Waals surface area contributed by atoms with Crippen LogP contribution in [0.5, 0.6) is 0 Å². The van der Waals surface area contributed by atoms with Crippen molar-refractivity contribution >= 4 is 23.6 Å². The van der Waals surface area contributed by atoms with Crippen LogP contribution < -0.4 is 5.32 Å². The van der Waals surface area contributed by atoms with Gasteiger partial charge in [0, 0.05) is 24.7 Å². The van der Waals surface area contributed by atoms with Gasteiger partial charge in [-0.05, 0) is 42.5 Å². The summed E-state index contributed by atoms with van der Waals surface area (Å²) in [5.41, 5.74) is 2.24. The molecule has 2 aliphatic rings. The number of rotatable bonds is 6. The zero-order chi connectivity index (χ0) is 23.4. The summed E-state index contributed by atoms with van der Waals surface area (Å²) in [5, 5.41) is 2.89. The standard InChI is InChI=1S/C26H31N3O4/c1-18(2)24(30)27-21-13-9-12-20(16-21)23-22(25(31)28-14-7-4-8-15-28)29(26(32)33-23)17-19-10-5-3-6-11-19/h3,5-6,9-13,16,18,22-23H,4,7-8,14-15,17H2,1-2H3,(H,27,30). The summed E-state index contributed by atoms with van der Waals surface area (Å²) in [7, 11) is 0. The van der Waals surface area contributed by atoms with Gasteiger partial charge in [0.25, 0.3) is 0 Å². The summed E-state index contributed by atoms with van der Waals surface area (Å²) >= 11 is 0. The molecule has 2 atom stereocenters. The lowest BCUT2D eigenvalue weighted by atomic mass is 9.98. The first-order chi connectivity index (χ1) is 15.9. The van der Waals surface area contributed by atoms with Gasteiger partial charge in [-0.3, -0.25) is 14.5 Å². The van der Waals surface area contributed by atoms with Crippen LogP contribution in [0.3, 0.4) is 0 Å². The minimum absolute atomic E-state index is 0.0851. The smallest absolute Gasteiger partial charge is 0.411 e. The fraction of sp³-hybridized carbons (Fsp3) is 0.423. The quantitative estimate of drug-likeness (QED) is 0.711. The monoisotopic (exact) mass is 449 g/mol. The summed E-state index contributed by atoms with van der Waals surface area (Å²) in [4.78, 5) is 42.2. The Morgan fingerprint density at radius 3 is 2.45 bits per heavy atom. The fourth-order valence-electron chi connectivity index (χ4n) is 4.36. The van der Waals surface area contributed by atoms with Crippen molar-refractivity contribution in [3.05, 3.63) is 65.7 Å². The molecule has 2 saturated heterocycles. The number of hydrogen-bond donors (Lipinski definition) is 1. The molecule has 0 radical (unpaired) electrons. The topological polar surface area (TPSA) is 79.0 Å². The third kappa shape index (κ3) is 5.18. The highest BCUT2D eigenvalue weighted by Gasteiger charge is 2.48. The first kappa shape index (κ1) is 22.8. The highest BCUT2D eigenvalue weighted by atomic mass is 16.6. The Labute approximate surface area is 194 Å². The SMILES string of the molecule is CC(C)C(=O)Nc1cccc(C2OC(=O)N(Cc3ccccc3)C2C(=O)N2CCCCC2)c1. The van der Waals surface area contributed by atoms with E-state index in [-0.39, 0.29) is 17.7 Å². The molecule has 0 spiro atoms. The van der Waals surface area contributed by atoms with E-state index in [2.05, 4.69) is 5.32 Å². The molecule has 0 bridgehead atoms. The van der Waals surface area contributed by atoms with Crippen molar-refractivity contribution in [1.29, 1.82) is 0 Å². The van der Waals surface area contributed by atoms with E-state index in [0.717, 1.165) is 24.8 Å². The molecule has 0 aromatic heterocycles. The van der Waals surface area contributed by atoms with Crippen LogP contribution in [-0.2, 0) is 20.9 Å². The van der Waals surface area contributed by atoms with Gasteiger partial charge < -0.3 is 15.0 Å². The second-order valence-corrected chi connectivity index (χ2v) is 9.02. The van der Waals surface area contributed by atoms with E-state index in [1.807, 2.05) is 55.1 Å². The van der Waals surface area contributed by atoms with E-state index in [1.54, 1.807) is 18.2 Å². The molecule has 174 valence electrons. The number of piperidine rings is 1. The van der Waals surface area contributed by atoms with Crippen LogP contribution >= 0.6 is 0 Å². The Kier molecular flexibility index (Phi) is 6.96. The maximum absolute atomic E-state index is 13.7. The lowest BCUT2D eigenvalue weighted by Crippen LogP contribution is -2.49. The molecule has 0 saturated carbocycles. The summed E-state index contributed by atoms with van der Waals surface area (Å²) in [6, 6.07) is 16.1. The second kappa shape index (κ2) is 10.1. The average Bonchev–Trinajstić information content (AvgIpc) is 3.15. The Bertz CT molecular complexity index is 1000. The van der Waals surface area contributed by atoms with Crippen LogP contribution in [0, 0.1) is 5.92 Å². The van der Waals surface area contributed by atoms with Crippen molar-refractivity contribution < 1.29 is 19.1 Å². The number of likely N-dealkylation sites (tertiary alicyclic amines) is 1. The van der Waals surface area contributed by atoms with E-state index >= 15 is 0 Å². The Hall–Kier alpha value is -3.35. The highest BCUT2D eigenvalue weighted by molar-refractivity contribution is 5.92. The van der Waals surface area contributed by atoms with E-state index < -0.39 is 18.2 Å². The van der Waals surface area contributed by atoms with Gasteiger partial charge in [-0.1, -0.05) is 56.3 Å². The molecular weight excluding hydrogens is 418 g/mol. The first-order valence-electron chi connectivity index (χ1n) is 11.6. The van der Waals surface area contributed by atoms with Crippen LogP contribution in [0.1, 0.15) is 50.3 Å². The minimum Gasteiger partial charge on any atom is -0.438 e. The Morgan fingerprint density at radius 1 is 1.03 bits per heavy atom. The van der Waals surface area contributed by atoms with Gasteiger partial charge in [-0.2, -0.15) is 0 Å². The predicted octanol–water partition coefficient (Wildman–Crippen LogP) is 4.36. The molecule has 1 N–H and O–H groups in total. The average molecular weight is 450 g/mol. The van der Waals surface area contributed by atoms with Crippen molar-refractivity contribution in [2.45, 2.75) is 51.8 Å². The van der Waals surface area contributed by atoms with E-state index in [0.29, 0.717) is 30.9 Å². The molecule has 2 aromatic rings. The minimum atomic E-state index is -0.758. The third-order valence-corrected chi connectivity index (χ3v) is 6.21. The normalized spacial score (nSPS) is 20.6. The second-order valence-electron chi connectivity index (χ2n) is 9.02. The molecule has 33 heavy (non-hydrogen) atoms. The maximum Gasteiger partial charge on any atom is 0.411 e. The van der Waals surface area contributed by atoms with Gasteiger partial charge in [0.2, 0.25) is 11.8 Å². The van der Waals surface area contributed by atoms with Crippen molar-refractivity contribution in [3.8, 4) is 0 Å². The van der Waals surface area contributed by atoms with Crippen LogP contribution in [0.15, 0.2) is 54.6 Å². The number of benzene rings is 2. The third-order valence-electron chi connectivity index (χ3n) is 6.21. The number of anilines is 1. The molecular formula is C26H31N3O4. The van der Waals surface area contributed by atoms with Crippen LogP contribution in [-0.4, -0.2) is 46.8 Å². The number of amides is 3. The number of cyclic esters (lactones) is 1. The number of hydrogen-bond acceptors (Lipinski definition) is 4. The van der Waals surface area contributed by atoms with Crippen LogP contribution in [0.25, 0.3) is 0 Å². The Morgan fingerprint density at radius 2 is 1.76 bits per heavy atom. The van der Waals surface area contributed by atoms with E-state index in [4.69, 9.17) is 4.74 Å². The molecule has 7 nitrogen and oxygen atoms in total. The maximum atomic E-state index is 13.7. The number of ether oxygens (including phenoxy) is 1. The molecule has 2 heterocycles. The number of nitrogens with zero attached hydrogens (tertiary/aromatic N) is 2. The van der Waals surface area contributed by atoms with Crippen LogP contribution in [0.4, 0.5) is 10.5 Å². The largest absolute Gasteiger partial charge is 0.438 e. The molecule has 2 fully saturated rings. The molecule has 3 amide bonds. The zero-order valence-electron chi connectivity index (χ0n) is 19.2. The summed E-state index contributed by atoms with van der Waals surface area (Å²) in [5.74, 6) is -0.340. The molecule has 4 rings (SSSR count). The molecule has 7 heteroatoms. The van der Waals surface area contributed by atoms with E-state index in [1.165, 1.54) is 4.90 Å². The highest BCUT2D eigenvalue weighted by Crippen LogP contribution is 2.36. The first-order valence-corrected chi connectivity index (χ1v) is 11.6. The van der Waals surface area contributed by atoms with E-state index in [9.17, 15) is 14.4 Å². The van der Waals surface area contributed by atoms with Crippen molar-refractivity contribution in [2.24, 2.45) is 5.92 Å². The van der Waals surface area contributed by atoms with Crippen molar-refractivity contribution in [3.63, 3.8) is 0 Å². The fourth-order valence-corrected chi connectivity index (χ4v) is 4.36. The molecule has 0 aliphatic carbocycles. The summed E-state index contributed by atoms with van der Waals surface area (Å²) in [6.07, 6.45) is 1.79. The number of nitrogens with one attached hydrogen (secondary N) is 1. The molecule has 2 aromatic carbocycles. The predicted molar refractivity (Wildman–Crippen MR) is 125 cm³/mol. The van der Waals surface area contributed by atoms with Gasteiger partial charge in [0.05, 0.1) is 6.54 Å². The van der Waals surface area contributed by atoms with Crippen molar-refractivity contribution in [2.75, 3.05) is 18.4 Å². The van der Waals surface area contributed by atoms with Crippen LogP contribution in [0.2, 0.25) is 0 Å². The Balaban J connectivity index is 1.65. The van der Waals surface area contributed by atoms with Gasteiger partial charge in [-0.25, -0.2) is 4.79 Å². The number of carbonyl (C=O) groups excluding carboxylic acids is 3. The zero-order valence-corrected chi connectivity index (χ0v) is 19.2. The van der Waals surface area contributed by atoms with Gasteiger partial charge in [0.15, 0.2) is 12.1 Å². The lowest BCUT2D eigenvalue weighted by molar-refractivity contribution is -0.137. The van der Waals surface area contributed by atoms with Gasteiger partial charge >= 0.3 is 6.09 Å². The lowest BCUT2D eigenvalue weighted by Gasteiger charge is -2.33. The summed E-state index contributed by atoms with van der Waals surface area (Å²) in [6.45, 7) is 5.34. The summed E-state index contributed by atoms with van der Waals surface area (Å²) < 4.78 is 5.79. The van der Waals surface area contributed by atoms with Gasteiger partial charge in [-0.15, -0.1) is 0 Å². The molecule has 2 unspecified atom stereocenters.